The fourth-order valence-electron chi connectivity index (χ4n) is 0.666. The van der Waals surface area contributed by atoms with E-state index in [1.165, 1.54) is 18.5 Å². The average Bonchev–Trinajstić information content (AvgIpc) is 2.08. The number of pyridine rings is 1. The van der Waals surface area contributed by atoms with Crippen molar-refractivity contribution in [1.82, 2.24) is 10.4 Å². The summed E-state index contributed by atoms with van der Waals surface area (Å²) in [7, 11) is 0. The lowest BCUT2D eigenvalue weighted by atomic mass is 10.3. The first-order chi connectivity index (χ1) is 6.20. The summed E-state index contributed by atoms with van der Waals surface area (Å²) in [6.07, 6.45) is 2.69. The highest BCUT2D eigenvalue weighted by atomic mass is 16.3. The van der Waals surface area contributed by atoms with Gasteiger partial charge in [-0.1, -0.05) is 0 Å². The van der Waals surface area contributed by atoms with E-state index < -0.39 is 6.03 Å². The smallest absolute Gasteiger partial charge is 0.332 e. The number of urea groups is 1. The summed E-state index contributed by atoms with van der Waals surface area (Å²) in [5, 5.41) is 12.6. The van der Waals surface area contributed by atoms with Gasteiger partial charge in [0.1, 0.15) is 11.4 Å². The van der Waals surface area contributed by atoms with Crippen LogP contribution in [-0.4, -0.2) is 22.3 Å². The van der Waals surface area contributed by atoms with Gasteiger partial charge in [-0.15, -0.1) is 0 Å². The zero-order chi connectivity index (χ0) is 9.68. The molecule has 0 unspecified atom stereocenters. The van der Waals surface area contributed by atoms with Gasteiger partial charge in [0.2, 0.25) is 0 Å². The highest BCUT2D eigenvalue weighted by molar-refractivity contribution is 5.82. The van der Waals surface area contributed by atoms with Crippen LogP contribution in [0.15, 0.2) is 23.4 Å². The molecular formula is C7H8N4O2. The third-order valence-corrected chi connectivity index (χ3v) is 1.18. The van der Waals surface area contributed by atoms with Crippen LogP contribution in [0.4, 0.5) is 4.79 Å². The first-order valence-corrected chi connectivity index (χ1v) is 3.42. The topological polar surface area (TPSA) is 101 Å². The molecule has 68 valence electrons. The lowest BCUT2D eigenvalue weighted by Gasteiger charge is -1.95. The summed E-state index contributed by atoms with van der Waals surface area (Å²) in [5.74, 6) is -0.0162. The molecule has 0 fully saturated rings. The molecule has 13 heavy (non-hydrogen) atoms. The standard InChI is InChI=1S/C7H8N4O2/c8-7(13)11-10-4-5-6(12)2-1-3-9-5/h1-4,12H,(H3,8,11,13). The van der Waals surface area contributed by atoms with E-state index in [4.69, 9.17) is 5.73 Å². The van der Waals surface area contributed by atoms with Crippen molar-refractivity contribution in [2.24, 2.45) is 10.8 Å². The molecule has 0 atom stereocenters. The molecule has 1 rings (SSSR count). The lowest BCUT2D eigenvalue weighted by molar-refractivity contribution is 0.249. The van der Waals surface area contributed by atoms with Crippen molar-refractivity contribution in [2.45, 2.75) is 0 Å². The second kappa shape index (κ2) is 4.05. The van der Waals surface area contributed by atoms with Crippen molar-refractivity contribution in [3.05, 3.63) is 24.0 Å². The number of nitrogens with zero attached hydrogens (tertiary/aromatic N) is 2. The van der Waals surface area contributed by atoms with Crippen LogP contribution in [-0.2, 0) is 0 Å². The zero-order valence-electron chi connectivity index (χ0n) is 6.64. The summed E-state index contributed by atoms with van der Waals surface area (Å²) >= 11 is 0. The summed E-state index contributed by atoms with van der Waals surface area (Å²) in [6.45, 7) is 0. The Balaban J connectivity index is 2.68. The molecule has 0 spiro atoms. The second-order valence-corrected chi connectivity index (χ2v) is 2.14. The number of aromatic hydroxyl groups is 1. The molecule has 4 N–H and O–H groups in total. The van der Waals surface area contributed by atoms with Crippen LogP contribution in [0.5, 0.6) is 5.75 Å². The van der Waals surface area contributed by atoms with E-state index >= 15 is 0 Å². The SMILES string of the molecule is NC(=O)NN=Cc1ncccc1O. The van der Waals surface area contributed by atoms with E-state index in [1.54, 1.807) is 6.07 Å². The molecule has 0 saturated heterocycles. The van der Waals surface area contributed by atoms with Gasteiger partial charge in [-0.25, -0.2) is 10.2 Å². The minimum atomic E-state index is -0.772. The fourth-order valence-corrected chi connectivity index (χ4v) is 0.666. The molecule has 0 saturated carbocycles. The van der Waals surface area contributed by atoms with Crippen LogP contribution in [0.25, 0.3) is 0 Å². The number of rotatable bonds is 2. The third-order valence-electron chi connectivity index (χ3n) is 1.18. The minimum absolute atomic E-state index is 0.0162. The van der Waals surface area contributed by atoms with E-state index in [0.29, 0.717) is 0 Å². The first-order valence-electron chi connectivity index (χ1n) is 3.42. The van der Waals surface area contributed by atoms with Gasteiger partial charge in [0.05, 0.1) is 6.21 Å². The maximum absolute atomic E-state index is 10.2. The van der Waals surface area contributed by atoms with Crippen molar-refractivity contribution in [2.75, 3.05) is 0 Å². The largest absolute Gasteiger partial charge is 0.506 e. The van der Waals surface area contributed by atoms with Gasteiger partial charge in [-0.05, 0) is 12.1 Å². The lowest BCUT2D eigenvalue weighted by Crippen LogP contribution is -2.24. The first kappa shape index (κ1) is 8.98. The second-order valence-electron chi connectivity index (χ2n) is 2.14. The van der Waals surface area contributed by atoms with Crippen LogP contribution in [0.2, 0.25) is 0 Å². The van der Waals surface area contributed by atoms with E-state index in [9.17, 15) is 9.90 Å². The molecule has 1 aromatic rings. The Morgan fingerprint density at radius 3 is 3.15 bits per heavy atom. The number of primary amides is 1. The predicted molar refractivity (Wildman–Crippen MR) is 46.2 cm³/mol. The van der Waals surface area contributed by atoms with Crippen molar-refractivity contribution in [1.29, 1.82) is 0 Å². The normalized spacial score (nSPS) is 10.2. The molecule has 0 aliphatic carbocycles. The Morgan fingerprint density at radius 1 is 1.77 bits per heavy atom. The Bertz CT molecular complexity index is 337. The molecule has 1 heterocycles. The molecule has 2 amide bonds. The molecule has 0 bridgehead atoms. The predicted octanol–water partition coefficient (Wildman–Crippen LogP) is -0.211. The summed E-state index contributed by atoms with van der Waals surface area (Å²) in [6, 6.07) is 2.26. The van der Waals surface area contributed by atoms with Gasteiger partial charge in [-0.3, -0.25) is 4.98 Å². The number of carbonyl (C=O) groups is 1. The van der Waals surface area contributed by atoms with Crippen LogP contribution in [0, 0.1) is 0 Å². The van der Waals surface area contributed by atoms with E-state index in [1.807, 2.05) is 5.43 Å². The highest BCUT2D eigenvalue weighted by Gasteiger charge is 1.96. The van der Waals surface area contributed by atoms with Crippen LogP contribution >= 0.6 is 0 Å². The number of aromatic nitrogens is 1. The van der Waals surface area contributed by atoms with E-state index in [0.717, 1.165) is 0 Å². The fraction of sp³-hybridized carbons (Fsp3) is 0. The molecular weight excluding hydrogens is 172 g/mol. The van der Waals surface area contributed by atoms with E-state index in [-0.39, 0.29) is 11.4 Å². The number of carbonyl (C=O) groups excluding carboxylic acids is 1. The quantitative estimate of drug-likeness (QED) is 0.433. The molecule has 0 aliphatic rings. The molecule has 0 aliphatic heterocycles. The Labute approximate surface area is 74.1 Å². The van der Waals surface area contributed by atoms with Gasteiger partial charge in [0, 0.05) is 6.20 Å². The molecule has 6 nitrogen and oxygen atoms in total. The number of hydrogen-bond donors (Lipinski definition) is 3. The van der Waals surface area contributed by atoms with Crippen LogP contribution < -0.4 is 11.2 Å². The zero-order valence-corrected chi connectivity index (χ0v) is 6.64. The van der Waals surface area contributed by atoms with Gasteiger partial charge in [0.15, 0.2) is 0 Å². The van der Waals surface area contributed by atoms with Crippen LogP contribution in [0.3, 0.4) is 0 Å². The van der Waals surface area contributed by atoms with Crippen molar-refractivity contribution in [3.63, 3.8) is 0 Å². The Hall–Kier alpha value is -2.11. The molecule has 1 aromatic heterocycles. The van der Waals surface area contributed by atoms with Gasteiger partial charge >= 0.3 is 6.03 Å². The summed E-state index contributed by atoms with van der Waals surface area (Å²) in [5.41, 5.74) is 6.99. The van der Waals surface area contributed by atoms with Crippen molar-refractivity contribution < 1.29 is 9.90 Å². The molecule has 0 radical (unpaired) electrons. The van der Waals surface area contributed by atoms with Crippen molar-refractivity contribution in [3.8, 4) is 5.75 Å². The summed E-state index contributed by atoms with van der Waals surface area (Å²) < 4.78 is 0. The van der Waals surface area contributed by atoms with Gasteiger partial charge in [0.25, 0.3) is 0 Å². The number of nitrogens with two attached hydrogens (primary N) is 1. The number of hydrogen-bond acceptors (Lipinski definition) is 4. The summed E-state index contributed by atoms with van der Waals surface area (Å²) in [4.78, 5) is 14.0. The minimum Gasteiger partial charge on any atom is -0.506 e. The Kier molecular flexibility index (Phi) is 2.80. The number of amides is 2. The monoisotopic (exact) mass is 180 g/mol. The van der Waals surface area contributed by atoms with Crippen molar-refractivity contribution >= 4 is 12.2 Å². The van der Waals surface area contributed by atoms with Gasteiger partial charge < -0.3 is 10.8 Å². The van der Waals surface area contributed by atoms with Gasteiger partial charge in [-0.2, -0.15) is 5.10 Å². The van der Waals surface area contributed by atoms with Crippen LogP contribution in [0.1, 0.15) is 5.69 Å². The molecule has 6 heteroatoms. The Morgan fingerprint density at radius 2 is 2.54 bits per heavy atom. The molecule has 0 aromatic carbocycles. The maximum Gasteiger partial charge on any atom is 0.332 e. The van der Waals surface area contributed by atoms with E-state index in [2.05, 4.69) is 10.1 Å². The maximum atomic E-state index is 10.2. The number of nitrogens with one attached hydrogen (secondary N) is 1. The highest BCUT2D eigenvalue weighted by Crippen LogP contribution is 2.08. The number of hydrazone groups is 1. The third kappa shape index (κ3) is 2.78. The average molecular weight is 180 g/mol.